The number of benzene rings is 4. The second kappa shape index (κ2) is 18.0. The van der Waals surface area contributed by atoms with E-state index in [0.717, 1.165) is 81.1 Å². The Hall–Kier alpha value is -5.28. The number of H-pyrrole nitrogens is 2. The standard InChI is InChI=1S/C22H25FN2O2.C21H23ClN2O2/c1-13(2)15-6-5-7-16(10-15)22-17(8-9-24-14(3)26)18-11-21(27-4)19(23)12-20(18)25-22;1-3-4-14-5-7-15(8-6-14)21-16(9-10-23-13-25)17-11-20(26-2)18(22)12-19(17)24-21/h5-7,10-13,25H,8-9H2,1-4H3,(H,24,26);5-8,11-13,24H,3-4,9-10H2,1-2H3,(H,23,25). The first kappa shape index (κ1) is 38.9. The molecule has 0 aliphatic heterocycles. The van der Waals surface area contributed by atoms with E-state index in [2.05, 4.69) is 77.8 Å². The molecule has 0 radical (unpaired) electrons. The number of rotatable bonds is 14. The Balaban J connectivity index is 0.000000204. The van der Waals surface area contributed by atoms with Crippen LogP contribution in [0.3, 0.4) is 0 Å². The molecule has 2 aromatic heterocycles. The maximum Gasteiger partial charge on any atom is 0.216 e. The summed E-state index contributed by atoms with van der Waals surface area (Å²) in [5.74, 6) is 0.802. The Labute approximate surface area is 315 Å². The van der Waals surface area contributed by atoms with Crippen molar-refractivity contribution in [2.24, 2.45) is 0 Å². The summed E-state index contributed by atoms with van der Waals surface area (Å²) in [6.45, 7) is 9.08. The number of aromatic amines is 2. The van der Waals surface area contributed by atoms with Crippen molar-refractivity contribution in [3.05, 3.63) is 106 Å². The van der Waals surface area contributed by atoms with Crippen LogP contribution in [-0.4, -0.2) is 49.6 Å². The lowest BCUT2D eigenvalue weighted by atomic mass is 9.97. The van der Waals surface area contributed by atoms with Gasteiger partial charge in [0.05, 0.1) is 19.2 Å². The number of hydrogen-bond acceptors (Lipinski definition) is 4. The SMILES string of the molecule is CCCc1ccc(-c2[nH]c3cc(Cl)c(OC)cc3c2CCNC=O)cc1.COc1cc2c(CCNC(C)=O)c(-c3cccc(C(C)C)c3)[nH]c2cc1F. The minimum Gasteiger partial charge on any atom is -0.495 e. The monoisotopic (exact) mass is 738 g/mol. The summed E-state index contributed by atoms with van der Waals surface area (Å²) in [5.41, 5.74) is 10.6. The maximum atomic E-state index is 14.2. The van der Waals surface area contributed by atoms with Crippen molar-refractivity contribution >= 4 is 45.7 Å². The first-order valence-corrected chi connectivity index (χ1v) is 18.3. The van der Waals surface area contributed by atoms with Crippen LogP contribution in [0.5, 0.6) is 11.5 Å². The van der Waals surface area contributed by atoms with E-state index in [1.807, 2.05) is 24.3 Å². The predicted octanol–water partition coefficient (Wildman–Crippen LogP) is 9.52. The van der Waals surface area contributed by atoms with Crippen LogP contribution in [0, 0.1) is 5.82 Å². The fourth-order valence-corrected chi connectivity index (χ4v) is 6.87. The molecule has 0 spiro atoms. The average Bonchev–Trinajstić information content (AvgIpc) is 3.68. The van der Waals surface area contributed by atoms with E-state index in [9.17, 15) is 14.0 Å². The number of carbonyl (C=O) groups excluding carboxylic acids is 2. The van der Waals surface area contributed by atoms with E-state index in [1.54, 1.807) is 13.2 Å². The van der Waals surface area contributed by atoms with Crippen LogP contribution in [0.1, 0.15) is 62.3 Å². The van der Waals surface area contributed by atoms with Crippen LogP contribution in [0.25, 0.3) is 44.3 Å². The first-order valence-electron chi connectivity index (χ1n) is 18.0. The summed E-state index contributed by atoms with van der Waals surface area (Å²) in [5, 5.41) is 8.12. The van der Waals surface area contributed by atoms with Gasteiger partial charge in [0.15, 0.2) is 11.6 Å². The van der Waals surface area contributed by atoms with E-state index in [0.29, 0.717) is 36.2 Å². The van der Waals surface area contributed by atoms with Crippen LogP contribution in [-0.2, 0) is 28.9 Å². The molecule has 0 bridgehead atoms. The number of fused-ring (bicyclic) bond motifs is 2. The normalized spacial score (nSPS) is 11.0. The van der Waals surface area contributed by atoms with Crippen molar-refractivity contribution < 1.29 is 23.5 Å². The largest absolute Gasteiger partial charge is 0.495 e. The molecule has 4 N–H and O–H groups in total. The van der Waals surface area contributed by atoms with Crippen molar-refractivity contribution in [2.45, 2.75) is 59.3 Å². The summed E-state index contributed by atoms with van der Waals surface area (Å²) in [6, 6.07) is 24.0. The summed E-state index contributed by atoms with van der Waals surface area (Å²) >= 11 is 6.29. The Morgan fingerprint density at radius 2 is 1.45 bits per heavy atom. The lowest BCUT2D eigenvalue weighted by Crippen LogP contribution is -2.22. The fraction of sp³-hybridized carbons (Fsp3) is 0.302. The van der Waals surface area contributed by atoms with Gasteiger partial charge in [0.25, 0.3) is 0 Å². The second-order valence-electron chi connectivity index (χ2n) is 13.3. The van der Waals surface area contributed by atoms with Crippen molar-refractivity contribution in [3.8, 4) is 34.0 Å². The van der Waals surface area contributed by atoms with E-state index in [1.165, 1.54) is 31.2 Å². The Kier molecular flexibility index (Phi) is 13.2. The molecule has 0 unspecified atom stereocenters. The highest BCUT2D eigenvalue weighted by molar-refractivity contribution is 6.32. The topological polar surface area (TPSA) is 108 Å². The maximum absolute atomic E-state index is 14.2. The molecule has 2 amide bonds. The van der Waals surface area contributed by atoms with E-state index >= 15 is 0 Å². The van der Waals surface area contributed by atoms with Crippen LogP contribution in [0.15, 0.2) is 72.8 Å². The third-order valence-electron chi connectivity index (χ3n) is 9.33. The van der Waals surface area contributed by atoms with Gasteiger partial charge in [0.2, 0.25) is 12.3 Å². The number of methoxy groups -OCH3 is 2. The van der Waals surface area contributed by atoms with Crippen LogP contribution in [0.4, 0.5) is 4.39 Å². The average molecular weight is 739 g/mol. The van der Waals surface area contributed by atoms with Crippen molar-refractivity contribution in [1.29, 1.82) is 0 Å². The zero-order valence-corrected chi connectivity index (χ0v) is 32.0. The highest BCUT2D eigenvalue weighted by Crippen LogP contribution is 2.37. The predicted molar refractivity (Wildman–Crippen MR) is 214 cm³/mol. The molecule has 0 aliphatic carbocycles. The van der Waals surface area contributed by atoms with Crippen LogP contribution >= 0.6 is 11.6 Å². The summed E-state index contributed by atoms with van der Waals surface area (Å²) in [4.78, 5) is 28.8. The summed E-state index contributed by atoms with van der Waals surface area (Å²) < 4.78 is 24.7. The van der Waals surface area contributed by atoms with Gasteiger partial charge in [-0.15, -0.1) is 0 Å². The number of ether oxygens (including phenoxy) is 2. The number of halogens is 2. The molecule has 8 nitrogen and oxygen atoms in total. The lowest BCUT2D eigenvalue weighted by molar-refractivity contribution is -0.119. The minimum atomic E-state index is -0.401. The molecule has 10 heteroatoms. The molecular weight excluding hydrogens is 691 g/mol. The number of amides is 2. The van der Waals surface area contributed by atoms with Crippen molar-refractivity contribution in [3.63, 3.8) is 0 Å². The zero-order chi connectivity index (χ0) is 38.1. The minimum absolute atomic E-state index is 0.0678. The number of carbonyl (C=O) groups is 2. The highest BCUT2D eigenvalue weighted by atomic mass is 35.5. The van der Waals surface area contributed by atoms with Gasteiger partial charge >= 0.3 is 0 Å². The van der Waals surface area contributed by atoms with Crippen LogP contribution < -0.4 is 20.1 Å². The van der Waals surface area contributed by atoms with Gasteiger partial charge < -0.3 is 30.1 Å². The Morgan fingerprint density at radius 1 is 0.830 bits per heavy atom. The molecule has 53 heavy (non-hydrogen) atoms. The molecule has 4 aromatic carbocycles. The van der Waals surface area contributed by atoms with Crippen molar-refractivity contribution in [1.82, 2.24) is 20.6 Å². The van der Waals surface area contributed by atoms with Gasteiger partial charge in [-0.05, 0) is 82.8 Å². The molecule has 0 aliphatic rings. The van der Waals surface area contributed by atoms with E-state index in [4.69, 9.17) is 21.1 Å². The number of aromatic nitrogens is 2. The molecule has 0 saturated carbocycles. The first-order chi connectivity index (χ1) is 25.6. The quantitative estimate of drug-likeness (QED) is 0.0660. The van der Waals surface area contributed by atoms with E-state index < -0.39 is 5.82 Å². The van der Waals surface area contributed by atoms with Crippen LogP contribution in [0.2, 0.25) is 5.02 Å². The summed E-state index contributed by atoms with van der Waals surface area (Å²) in [7, 11) is 3.07. The third kappa shape index (κ3) is 9.21. The Bertz CT molecular complexity index is 2190. The van der Waals surface area contributed by atoms with Crippen molar-refractivity contribution in [2.75, 3.05) is 27.3 Å². The molecule has 278 valence electrons. The van der Waals surface area contributed by atoms with E-state index in [-0.39, 0.29) is 11.7 Å². The molecular formula is C43H48ClFN4O4. The van der Waals surface area contributed by atoms with Gasteiger partial charge in [-0.25, -0.2) is 4.39 Å². The van der Waals surface area contributed by atoms with Gasteiger partial charge in [0, 0.05) is 59.3 Å². The van der Waals surface area contributed by atoms with Gasteiger partial charge in [-0.2, -0.15) is 0 Å². The number of aryl methyl sites for hydroxylation is 1. The summed E-state index contributed by atoms with van der Waals surface area (Å²) in [6.07, 6.45) is 4.29. The molecule has 6 rings (SSSR count). The third-order valence-corrected chi connectivity index (χ3v) is 9.63. The van der Waals surface area contributed by atoms with Gasteiger partial charge in [0.1, 0.15) is 5.75 Å². The number of nitrogens with one attached hydrogen (secondary N) is 4. The molecule has 0 fully saturated rings. The molecule has 2 heterocycles. The van der Waals surface area contributed by atoms with Gasteiger partial charge in [-0.3, -0.25) is 9.59 Å². The smallest absolute Gasteiger partial charge is 0.216 e. The lowest BCUT2D eigenvalue weighted by Gasteiger charge is -2.10. The number of hydrogen-bond donors (Lipinski definition) is 4. The molecule has 0 atom stereocenters. The zero-order valence-electron chi connectivity index (χ0n) is 31.2. The molecule has 0 saturated heterocycles. The Morgan fingerprint density at radius 3 is 2.06 bits per heavy atom. The second-order valence-corrected chi connectivity index (χ2v) is 13.7. The molecule has 6 aromatic rings. The fourth-order valence-electron chi connectivity index (χ4n) is 6.63. The highest BCUT2D eigenvalue weighted by Gasteiger charge is 2.18. The van der Waals surface area contributed by atoms with Gasteiger partial charge in [-0.1, -0.05) is 81.3 Å².